The van der Waals surface area contributed by atoms with Gasteiger partial charge in [-0.3, -0.25) is 13.9 Å². The Balaban J connectivity index is 2.02. The highest BCUT2D eigenvalue weighted by Crippen LogP contribution is 2.26. The van der Waals surface area contributed by atoms with Crippen LogP contribution in [0.15, 0.2) is 88.2 Å². The summed E-state index contributed by atoms with van der Waals surface area (Å²) in [6.45, 7) is 7.18. The minimum atomic E-state index is -4.08. The summed E-state index contributed by atoms with van der Waals surface area (Å²) in [6.07, 6.45) is 0.747. The molecule has 2 amide bonds. The number of carbonyl (C=O) groups excluding carboxylic acids is 2. The van der Waals surface area contributed by atoms with E-state index in [9.17, 15) is 18.0 Å². The van der Waals surface area contributed by atoms with E-state index in [4.69, 9.17) is 0 Å². The van der Waals surface area contributed by atoms with Crippen LogP contribution in [0.25, 0.3) is 0 Å². The number of carbonyl (C=O) groups is 2. The lowest BCUT2D eigenvalue weighted by Gasteiger charge is -2.32. The Morgan fingerprint density at radius 3 is 2.13 bits per heavy atom. The largest absolute Gasteiger partial charge is 0.352 e. The number of anilines is 1. The number of aryl methyl sites for hydroxylation is 1. The molecule has 0 aliphatic carbocycles. The summed E-state index contributed by atoms with van der Waals surface area (Å²) in [5.41, 5.74) is 2.20. The molecule has 0 bridgehead atoms. The fourth-order valence-corrected chi connectivity index (χ4v) is 5.57. The quantitative estimate of drug-likeness (QED) is 0.324. The number of nitrogens with zero attached hydrogens (tertiary/aromatic N) is 2. The van der Waals surface area contributed by atoms with Crippen LogP contribution in [0, 0.1) is 6.92 Å². The van der Waals surface area contributed by atoms with Crippen LogP contribution < -0.4 is 9.62 Å². The lowest BCUT2D eigenvalue weighted by molar-refractivity contribution is -0.139. The number of sulfonamides is 1. The van der Waals surface area contributed by atoms with Crippen LogP contribution in [0.2, 0.25) is 0 Å². The average Bonchev–Trinajstić information content (AvgIpc) is 2.91. The summed E-state index contributed by atoms with van der Waals surface area (Å²) in [4.78, 5) is 28.5. The van der Waals surface area contributed by atoms with Gasteiger partial charge in [0, 0.05) is 17.1 Å². The van der Waals surface area contributed by atoms with Gasteiger partial charge in [-0.25, -0.2) is 8.42 Å². The van der Waals surface area contributed by atoms with Gasteiger partial charge in [0.2, 0.25) is 11.8 Å². The molecule has 0 radical (unpaired) electrons. The molecule has 0 spiro atoms. The molecule has 0 aliphatic rings. The molecule has 202 valence electrons. The van der Waals surface area contributed by atoms with Crippen LogP contribution in [0.5, 0.6) is 0 Å². The fraction of sp³-hybridized carbons (Fsp3) is 0.310. The van der Waals surface area contributed by atoms with Gasteiger partial charge in [0.25, 0.3) is 10.0 Å². The van der Waals surface area contributed by atoms with Gasteiger partial charge in [-0.1, -0.05) is 65.3 Å². The second kappa shape index (κ2) is 13.1. The molecule has 9 heteroatoms. The minimum Gasteiger partial charge on any atom is -0.352 e. The van der Waals surface area contributed by atoms with Gasteiger partial charge in [0.15, 0.2) is 0 Å². The first kappa shape index (κ1) is 29.4. The van der Waals surface area contributed by atoms with Crippen LogP contribution in [0.1, 0.15) is 38.3 Å². The third-order valence-electron chi connectivity index (χ3n) is 6.49. The van der Waals surface area contributed by atoms with Crippen molar-refractivity contribution in [2.45, 2.75) is 57.6 Å². The van der Waals surface area contributed by atoms with Gasteiger partial charge in [-0.15, -0.1) is 0 Å². The molecular weight excluding hydrogens is 566 g/mol. The maximum Gasteiger partial charge on any atom is 0.264 e. The topological polar surface area (TPSA) is 86.8 Å². The number of benzene rings is 3. The standard InChI is InChI=1S/C29H34BrN3O4S/c1-5-22(3)31-29(35)23(4)32(19-24-12-10-9-11-21(24)2)28(34)20-33(26-17-15-25(30)16-18-26)38(36,37)27-13-7-6-8-14-27/h6-18,22-23H,5,19-20H2,1-4H3,(H,31,35)/t22-,23+/m1/s1. The number of hydrogen-bond acceptors (Lipinski definition) is 4. The molecule has 7 nitrogen and oxygen atoms in total. The Kier molecular flexibility index (Phi) is 10.1. The molecule has 38 heavy (non-hydrogen) atoms. The van der Waals surface area contributed by atoms with Crippen molar-refractivity contribution in [3.05, 3.63) is 94.5 Å². The lowest BCUT2D eigenvalue weighted by atomic mass is 10.1. The molecule has 0 heterocycles. The van der Waals surface area contributed by atoms with E-state index in [2.05, 4.69) is 21.2 Å². The van der Waals surface area contributed by atoms with Crippen LogP contribution in [0.4, 0.5) is 5.69 Å². The van der Waals surface area contributed by atoms with E-state index >= 15 is 0 Å². The summed E-state index contributed by atoms with van der Waals surface area (Å²) in [7, 11) is -4.08. The van der Waals surface area contributed by atoms with Gasteiger partial charge in [0.05, 0.1) is 10.6 Å². The van der Waals surface area contributed by atoms with Crippen LogP contribution in [0.3, 0.4) is 0 Å². The first-order valence-electron chi connectivity index (χ1n) is 12.5. The maximum atomic E-state index is 13.9. The average molecular weight is 601 g/mol. The highest BCUT2D eigenvalue weighted by molar-refractivity contribution is 9.10. The zero-order valence-corrected chi connectivity index (χ0v) is 24.5. The van der Waals surface area contributed by atoms with Gasteiger partial charge >= 0.3 is 0 Å². The zero-order valence-electron chi connectivity index (χ0n) is 22.1. The SMILES string of the molecule is CC[C@@H](C)NC(=O)[C@H](C)N(Cc1ccccc1C)C(=O)CN(c1ccc(Br)cc1)S(=O)(=O)c1ccccc1. The first-order valence-corrected chi connectivity index (χ1v) is 14.8. The number of rotatable bonds is 11. The van der Waals surface area contributed by atoms with Crippen molar-refractivity contribution in [2.24, 2.45) is 0 Å². The third kappa shape index (κ3) is 7.23. The predicted octanol–water partition coefficient (Wildman–Crippen LogP) is 5.28. The summed E-state index contributed by atoms with van der Waals surface area (Å²) < 4.78 is 29.4. The normalized spacial score (nSPS) is 12.9. The Bertz CT molecular complexity index is 1350. The number of amides is 2. The van der Waals surface area contributed by atoms with E-state index in [1.165, 1.54) is 17.0 Å². The molecule has 0 unspecified atom stereocenters. The number of hydrogen-bond donors (Lipinski definition) is 1. The van der Waals surface area contributed by atoms with Crippen molar-refractivity contribution >= 4 is 43.5 Å². The van der Waals surface area contributed by atoms with Crippen LogP contribution in [-0.2, 0) is 26.2 Å². The summed E-state index contributed by atoms with van der Waals surface area (Å²) in [5, 5.41) is 2.94. The second-order valence-electron chi connectivity index (χ2n) is 9.24. The summed E-state index contributed by atoms with van der Waals surface area (Å²) in [6, 6.07) is 21.5. The Labute approximate surface area is 234 Å². The highest BCUT2D eigenvalue weighted by Gasteiger charge is 2.32. The molecule has 0 fully saturated rings. The minimum absolute atomic E-state index is 0.0573. The van der Waals surface area contributed by atoms with Gasteiger partial charge in [0.1, 0.15) is 12.6 Å². The van der Waals surface area contributed by atoms with E-state index in [-0.39, 0.29) is 23.4 Å². The summed E-state index contributed by atoms with van der Waals surface area (Å²) in [5.74, 6) is -0.773. The van der Waals surface area contributed by atoms with Crippen molar-refractivity contribution in [2.75, 3.05) is 10.8 Å². The molecule has 1 N–H and O–H groups in total. The Morgan fingerprint density at radius 1 is 0.921 bits per heavy atom. The molecule has 0 aromatic heterocycles. The Morgan fingerprint density at radius 2 is 1.53 bits per heavy atom. The molecule has 0 aliphatic heterocycles. The lowest BCUT2D eigenvalue weighted by Crippen LogP contribution is -2.52. The van der Waals surface area contributed by atoms with Crippen LogP contribution in [-0.4, -0.2) is 43.8 Å². The molecule has 3 aromatic carbocycles. The van der Waals surface area contributed by atoms with Crippen molar-refractivity contribution in [3.63, 3.8) is 0 Å². The van der Waals surface area contributed by atoms with E-state index in [1.807, 2.05) is 45.0 Å². The molecule has 2 atom stereocenters. The highest BCUT2D eigenvalue weighted by atomic mass is 79.9. The van der Waals surface area contributed by atoms with Crippen LogP contribution >= 0.6 is 15.9 Å². The van der Waals surface area contributed by atoms with Crippen molar-refractivity contribution in [1.29, 1.82) is 0 Å². The van der Waals surface area contributed by atoms with Crippen molar-refractivity contribution in [1.82, 2.24) is 10.2 Å². The van der Waals surface area contributed by atoms with Crippen molar-refractivity contribution in [3.8, 4) is 0 Å². The summed E-state index contributed by atoms with van der Waals surface area (Å²) >= 11 is 3.38. The monoisotopic (exact) mass is 599 g/mol. The van der Waals surface area contributed by atoms with E-state index in [1.54, 1.807) is 49.4 Å². The molecule has 0 saturated heterocycles. The fourth-order valence-electron chi connectivity index (χ4n) is 3.87. The van der Waals surface area contributed by atoms with E-state index in [0.29, 0.717) is 5.69 Å². The smallest absolute Gasteiger partial charge is 0.264 e. The molecule has 3 aromatic rings. The first-order chi connectivity index (χ1) is 18.0. The van der Waals surface area contributed by atoms with Crippen molar-refractivity contribution < 1.29 is 18.0 Å². The number of nitrogens with one attached hydrogen (secondary N) is 1. The second-order valence-corrected chi connectivity index (χ2v) is 12.0. The third-order valence-corrected chi connectivity index (χ3v) is 8.81. The van der Waals surface area contributed by atoms with Gasteiger partial charge < -0.3 is 10.2 Å². The number of halogens is 1. The van der Waals surface area contributed by atoms with Gasteiger partial charge in [-0.05, 0) is 74.7 Å². The maximum absolute atomic E-state index is 13.9. The van der Waals surface area contributed by atoms with E-state index < -0.39 is 28.5 Å². The Hall–Kier alpha value is -3.17. The molecule has 3 rings (SSSR count). The zero-order chi connectivity index (χ0) is 27.9. The van der Waals surface area contributed by atoms with E-state index in [0.717, 1.165) is 26.3 Å². The molecular formula is C29H34BrN3O4S. The molecule has 0 saturated carbocycles. The van der Waals surface area contributed by atoms with Gasteiger partial charge in [-0.2, -0.15) is 0 Å². The predicted molar refractivity (Wildman–Crippen MR) is 154 cm³/mol.